The number of hydrogen-bond donors (Lipinski definition) is 1. The average molecular weight is 312 g/mol. The molecule has 7 nitrogen and oxygen atoms in total. The molecule has 3 rings (SSSR count). The molecule has 0 unspecified atom stereocenters. The topological polar surface area (TPSA) is 82.2 Å². The highest BCUT2D eigenvalue weighted by Gasteiger charge is 2.10. The zero-order valence-corrected chi connectivity index (χ0v) is 12.6. The Morgan fingerprint density at radius 3 is 2.74 bits per heavy atom. The van der Waals surface area contributed by atoms with Crippen molar-refractivity contribution in [3.05, 3.63) is 58.9 Å². The minimum atomic E-state index is -0.406. The van der Waals surface area contributed by atoms with Crippen LogP contribution in [-0.2, 0) is 6.67 Å². The number of benzene rings is 2. The molecule has 1 aromatic heterocycles. The molecule has 2 aromatic carbocycles. The highest BCUT2D eigenvalue weighted by molar-refractivity contribution is 5.78. The minimum absolute atomic E-state index is 0.0558. The third-order valence-corrected chi connectivity index (χ3v) is 3.43. The maximum Gasteiger partial charge on any atom is 0.271 e. The first-order valence-electron chi connectivity index (χ1n) is 7.23. The molecule has 0 atom stereocenters. The molecule has 0 fully saturated rings. The van der Waals surface area contributed by atoms with Crippen molar-refractivity contribution in [3.8, 4) is 5.75 Å². The summed E-state index contributed by atoms with van der Waals surface area (Å²) in [7, 11) is 0. The van der Waals surface area contributed by atoms with Crippen LogP contribution < -0.4 is 10.1 Å². The quantitative estimate of drug-likeness (QED) is 0.557. The molecule has 0 aliphatic heterocycles. The van der Waals surface area contributed by atoms with E-state index in [0.717, 1.165) is 22.5 Å². The number of fused-ring (bicyclic) bond motifs is 1. The SMILES string of the molecule is CCOc1ccc(NCn2cnc3ccc([N+](=O)[O-])cc32)cc1. The molecule has 23 heavy (non-hydrogen) atoms. The zero-order valence-electron chi connectivity index (χ0n) is 12.6. The van der Waals surface area contributed by atoms with Crippen molar-refractivity contribution in [1.82, 2.24) is 9.55 Å². The first-order chi connectivity index (χ1) is 11.2. The molecule has 0 spiro atoms. The third-order valence-electron chi connectivity index (χ3n) is 3.43. The summed E-state index contributed by atoms with van der Waals surface area (Å²) in [4.78, 5) is 14.7. The number of anilines is 1. The molecule has 118 valence electrons. The van der Waals surface area contributed by atoms with E-state index in [4.69, 9.17) is 4.74 Å². The highest BCUT2D eigenvalue weighted by atomic mass is 16.6. The highest BCUT2D eigenvalue weighted by Crippen LogP contribution is 2.21. The molecule has 1 N–H and O–H groups in total. The number of nitro groups is 1. The van der Waals surface area contributed by atoms with Gasteiger partial charge in [-0.3, -0.25) is 10.1 Å². The molecule has 0 bridgehead atoms. The first kappa shape index (κ1) is 14.8. The van der Waals surface area contributed by atoms with Gasteiger partial charge >= 0.3 is 0 Å². The van der Waals surface area contributed by atoms with Gasteiger partial charge in [-0.25, -0.2) is 4.98 Å². The van der Waals surface area contributed by atoms with Gasteiger partial charge in [0.25, 0.3) is 5.69 Å². The number of hydrogen-bond acceptors (Lipinski definition) is 5. The van der Waals surface area contributed by atoms with E-state index in [-0.39, 0.29) is 5.69 Å². The van der Waals surface area contributed by atoms with E-state index in [1.54, 1.807) is 12.4 Å². The van der Waals surface area contributed by atoms with Gasteiger partial charge in [-0.1, -0.05) is 0 Å². The second-order valence-electron chi connectivity index (χ2n) is 4.94. The van der Waals surface area contributed by atoms with Gasteiger partial charge in [-0.15, -0.1) is 0 Å². The average Bonchev–Trinajstić information content (AvgIpc) is 2.97. The van der Waals surface area contributed by atoms with Gasteiger partial charge < -0.3 is 14.6 Å². The largest absolute Gasteiger partial charge is 0.494 e. The van der Waals surface area contributed by atoms with E-state index < -0.39 is 4.92 Å². The van der Waals surface area contributed by atoms with Crippen molar-refractivity contribution in [2.75, 3.05) is 11.9 Å². The summed E-state index contributed by atoms with van der Waals surface area (Å²) < 4.78 is 7.23. The maximum absolute atomic E-state index is 10.9. The number of rotatable bonds is 6. The van der Waals surface area contributed by atoms with Crippen molar-refractivity contribution >= 4 is 22.4 Å². The normalized spacial score (nSPS) is 10.7. The van der Waals surface area contributed by atoms with Crippen LogP contribution in [0.25, 0.3) is 11.0 Å². The van der Waals surface area contributed by atoms with Crippen LogP contribution in [0.5, 0.6) is 5.75 Å². The third kappa shape index (κ3) is 3.23. The van der Waals surface area contributed by atoms with Crippen LogP contribution in [-0.4, -0.2) is 21.1 Å². The standard InChI is InChI=1S/C16H16N4O3/c1-2-23-14-6-3-12(4-7-14)17-10-19-11-18-15-8-5-13(20(21)22)9-16(15)19/h3-9,11,17H,2,10H2,1H3. The minimum Gasteiger partial charge on any atom is -0.494 e. The number of imidazole rings is 1. The fourth-order valence-electron chi connectivity index (χ4n) is 2.30. The molecule has 1 heterocycles. The summed E-state index contributed by atoms with van der Waals surface area (Å²) in [6.07, 6.45) is 1.66. The Bertz CT molecular complexity index is 827. The van der Waals surface area contributed by atoms with Crippen LogP contribution in [0.4, 0.5) is 11.4 Å². The van der Waals surface area contributed by atoms with Crippen molar-refractivity contribution in [2.45, 2.75) is 13.6 Å². The lowest BCUT2D eigenvalue weighted by molar-refractivity contribution is -0.384. The Morgan fingerprint density at radius 1 is 1.26 bits per heavy atom. The molecule has 0 saturated heterocycles. The number of aromatic nitrogens is 2. The smallest absolute Gasteiger partial charge is 0.271 e. The molecule has 0 aliphatic rings. The van der Waals surface area contributed by atoms with Crippen molar-refractivity contribution in [1.29, 1.82) is 0 Å². The Hall–Kier alpha value is -3.09. The Kier molecular flexibility index (Phi) is 4.09. The molecule has 3 aromatic rings. The van der Waals surface area contributed by atoms with E-state index >= 15 is 0 Å². The van der Waals surface area contributed by atoms with Gasteiger partial charge in [-0.2, -0.15) is 0 Å². The van der Waals surface area contributed by atoms with Gasteiger partial charge in [0, 0.05) is 17.8 Å². The Morgan fingerprint density at radius 2 is 2.04 bits per heavy atom. The van der Waals surface area contributed by atoms with E-state index in [9.17, 15) is 10.1 Å². The lowest BCUT2D eigenvalue weighted by Crippen LogP contribution is -2.06. The van der Waals surface area contributed by atoms with Gasteiger partial charge in [0.05, 0.1) is 35.6 Å². The molecule has 0 amide bonds. The summed E-state index contributed by atoms with van der Waals surface area (Å²) in [5, 5.41) is 14.1. The molecule has 0 saturated carbocycles. The van der Waals surface area contributed by atoms with E-state index in [1.165, 1.54) is 12.1 Å². The van der Waals surface area contributed by atoms with Crippen molar-refractivity contribution in [2.24, 2.45) is 0 Å². The first-order valence-corrected chi connectivity index (χ1v) is 7.23. The second kappa shape index (κ2) is 6.35. The predicted molar refractivity (Wildman–Crippen MR) is 87.6 cm³/mol. The van der Waals surface area contributed by atoms with Crippen LogP contribution in [0.3, 0.4) is 0 Å². The maximum atomic E-state index is 10.9. The lowest BCUT2D eigenvalue weighted by Gasteiger charge is -2.09. The zero-order chi connectivity index (χ0) is 16.2. The van der Waals surface area contributed by atoms with Crippen LogP contribution in [0.2, 0.25) is 0 Å². The van der Waals surface area contributed by atoms with E-state index in [0.29, 0.717) is 13.3 Å². The number of nitro benzene ring substituents is 1. The summed E-state index contributed by atoms with van der Waals surface area (Å²) in [5.41, 5.74) is 2.43. The van der Waals surface area contributed by atoms with Crippen LogP contribution in [0.15, 0.2) is 48.8 Å². The lowest BCUT2D eigenvalue weighted by atomic mass is 10.3. The van der Waals surface area contributed by atoms with Gasteiger partial charge in [0.1, 0.15) is 5.75 Å². The number of nitrogens with one attached hydrogen (secondary N) is 1. The fraction of sp³-hybridized carbons (Fsp3) is 0.188. The molecule has 0 aliphatic carbocycles. The summed E-state index contributed by atoms with van der Waals surface area (Å²) in [6.45, 7) is 3.04. The Balaban J connectivity index is 1.76. The van der Waals surface area contributed by atoms with Gasteiger partial charge in [-0.05, 0) is 37.3 Å². The summed E-state index contributed by atoms with van der Waals surface area (Å²) in [6, 6.07) is 12.3. The summed E-state index contributed by atoms with van der Waals surface area (Å²) in [5.74, 6) is 0.821. The number of nitrogens with zero attached hydrogens (tertiary/aromatic N) is 3. The molecular weight excluding hydrogens is 296 g/mol. The van der Waals surface area contributed by atoms with Gasteiger partial charge in [0.2, 0.25) is 0 Å². The monoisotopic (exact) mass is 312 g/mol. The van der Waals surface area contributed by atoms with Crippen LogP contribution >= 0.6 is 0 Å². The predicted octanol–water partition coefficient (Wildman–Crippen LogP) is 3.41. The van der Waals surface area contributed by atoms with Crippen LogP contribution in [0.1, 0.15) is 6.92 Å². The van der Waals surface area contributed by atoms with E-state index in [1.807, 2.05) is 35.8 Å². The van der Waals surface area contributed by atoms with Gasteiger partial charge in [0.15, 0.2) is 0 Å². The van der Waals surface area contributed by atoms with Crippen molar-refractivity contribution < 1.29 is 9.66 Å². The molecule has 7 heteroatoms. The second-order valence-corrected chi connectivity index (χ2v) is 4.94. The molecular formula is C16H16N4O3. The summed E-state index contributed by atoms with van der Waals surface area (Å²) >= 11 is 0. The van der Waals surface area contributed by atoms with E-state index in [2.05, 4.69) is 10.3 Å². The fourth-order valence-corrected chi connectivity index (χ4v) is 2.30. The Labute approximate surface area is 132 Å². The van der Waals surface area contributed by atoms with Crippen LogP contribution in [0, 0.1) is 10.1 Å². The van der Waals surface area contributed by atoms with Crippen molar-refractivity contribution in [3.63, 3.8) is 0 Å². The number of ether oxygens (including phenoxy) is 1. The number of non-ortho nitro benzene ring substituents is 1. The molecule has 0 radical (unpaired) electrons.